The Morgan fingerprint density at radius 2 is 2.11 bits per heavy atom. The number of nitrogens with zero attached hydrogens (tertiary/aromatic N) is 3. The van der Waals surface area contributed by atoms with Crippen molar-refractivity contribution in [1.29, 1.82) is 0 Å². The van der Waals surface area contributed by atoms with E-state index in [0.29, 0.717) is 6.04 Å². The number of rotatable bonds is 4. The van der Waals surface area contributed by atoms with Gasteiger partial charge in [0, 0.05) is 12.6 Å². The Balaban J connectivity index is 1.85. The first-order valence-corrected chi connectivity index (χ1v) is 6.75. The normalized spacial score (nSPS) is 18.4. The largest absolute Gasteiger partial charge is 0.506 e. The highest BCUT2D eigenvalue weighted by Gasteiger charge is 2.21. The van der Waals surface area contributed by atoms with Crippen LogP contribution in [-0.4, -0.2) is 52.6 Å². The minimum absolute atomic E-state index is 0.234. The molecule has 0 bridgehead atoms. The third-order valence-corrected chi connectivity index (χ3v) is 3.85. The van der Waals surface area contributed by atoms with Crippen LogP contribution in [0.25, 0.3) is 0 Å². The predicted octanol–water partition coefficient (Wildman–Crippen LogP) is 1.70. The first-order chi connectivity index (χ1) is 8.69. The van der Waals surface area contributed by atoms with Crippen LogP contribution in [0.5, 0.6) is 5.75 Å². The first-order valence-electron chi connectivity index (χ1n) is 6.75. The topological polar surface area (TPSA) is 39.6 Å². The molecule has 0 spiro atoms. The zero-order chi connectivity index (χ0) is 13.0. The van der Waals surface area contributed by atoms with Crippen molar-refractivity contribution in [1.82, 2.24) is 14.8 Å². The smallest absolute Gasteiger partial charge is 0.133 e. The van der Waals surface area contributed by atoms with Crippen LogP contribution >= 0.6 is 0 Å². The van der Waals surface area contributed by atoms with Crippen LogP contribution in [-0.2, 0) is 6.54 Å². The molecule has 1 aromatic rings. The molecule has 1 N–H and O–H groups in total. The summed E-state index contributed by atoms with van der Waals surface area (Å²) in [6, 6.07) is 4.26. The van der Waals surface area contributed by atoms with E-state index in [4.69, 9.17) is 0 Å². The Hall–Kier alpha value is -1.13. The van der Waals surface area contributed by atoms with E-state index in [2.05, 4.69) is 28.8 Å². The van der Waals surface area contributed by atoms with Crippen molar-refractivity contribution < 1.29 is 5.11 Å². The van der Waals surface area contributed by atoms with Crippen LogP contribution in [0.15, 0.2) is 18.3 Å². The second-order valence-electron chi connectivity index (χ2n) is 5.09. The quantitative estimate of drug-likeness (QED) is 0.881. The van der Waals surface area contributed by atoms with Gasteiger partial charge in [0.25, 0.3) is 0 Å². The van der Waals surface area contributed by atoms with Gasteiger partial charge < -0.3 is 10.0 Å². The minimum Gasteiger partial charge on any atom is -0.506 e. The number of aromatic nitrogens is 1. The van der Waals surface area contributed by atoms with Crippen molar-refractivity contribution in [3.63, 3.8) is 0 Å². The van der Waals surface area contributed by atoms with Gasteiger partial charge >= 0.3 is 0 Å². The fourth-order valence-corrected chi connectivity index (χ4v) is 2.57. The summed E-state index contributed by atoms with van der Waals surface area (Å²) in [6.45, 7) is 6.65. The molecule has 2 rings (SSSR count). The molecule has 1 aliphatic heterocycles. The second-order valence-corrected chi connectivity index (χ2v) is 5.09. The molecule has 0 amide bonds. The fourth-order valence-electron chi connectivity index (χ4n) is 2.57. The Morgan fingerprint density at radius 1 is 1.39 bits per heavy atom. The highest BCUT2D eigenvalue weighted by atomic mass is 16.3. The van der Waals surface area contributed by atoms with Gasteiger partial charge in [0.05, 0.1) is 11.9 Å². The van der Waals surface area contributed by atoms with Crippen LogP contribution in [0.3, 0.4) is 0 Å². The van der Waals surface area contributed by atoms with Gasteiger partial charge in [0.2, 0.25) is 0 Å². The highest BCUT2D eigenvalue weighted by molar-refractivity contribution is 5.17. The lowest BCUT2D eigenvalue weighted by molar-refractivity contribution is 0.126. The van der Waals surface area contributed by atoms with Gasteiger partial charge in [-0.25, -0.2) is 0 Å². The summed E-state index contributed by atoms with van der Waals surface area (Å²) in [7, 11) is 2.17. The highest BCUT2D eigenvalue weighted by Crippen LogP contribution is 2.17. The summed E-state index contributed by atoms with van der Waals surface area (Å²) in [4.78, 5) is 9.13. The molecule has 0 aliphatic carbocycles. The van der Waals surface area contributed by atoms with Crippen LogP contribution < -0.4 is 0 Å². The average Bonchev–Trinajstić information content (AvgIpc) is 2.41. The molecular weight excluding hydrogens is 226 g/mol. The summed E-state index contributed by atoms with van der Waals surface area (Å²) in [5.74, 6) is 0.234. The summed E-state index contributed by atoms with van der Waals surface area (Å²) in [5.41, 5.74) is 1.02. The van der Waals surface area contributed by atoms with Crippen LogP contribution in [0, 0.1) is 0 Å². The predicted molar refractivity (Wildman–Crippen MR) is 72.5 cm³/mol. The maximum Gasteiger partial charge on any atom is 0.133 e. The van der Waals surface area contributed by atoms with Gasteiger partial charge in [-0.3, -0.25) is 9.88 Å². The monoisotopic (exact) mass is 249 g/mol. The average molecular weight is 249 g/mol. The van der Waals surface area contributed by atoms with Gasteiger partial charge in [-0.15, -0.1) is 0 Å². The molecule has 2 heterocycles. The van der Waals surface area contributed by atoms with Crippen molar-refractivity contribution in [2.75, 3.05) is 26.7 Å². The molecule has 1 fully saturated rings. The molecule has 0 radical (unpaired) electrons. The second kappa shape index (κ2) is 6.16. The third-order valence-electron chi connectivity index (χ3n) is 3.85. The zero-order valence-electron chi connectivity index (χ0n) is 11.3. The number of likely N-dealkylation sites (tertiary alicyclic amines) is 1. The lowest BCUT2D eigenvalue weighted by atomic mass is 10.0. The molecule has 4 heteroatoms. The van der Waals surface area contributed by atoms with Crippen LogP contribution in [0.4, 0.5) is 0 Å². The molecule has 0 aromatic carbocycles. The van der Waals surface area contributed by atoms with E-state index in [1.54, 1.807) is 6.07 Å². The van der Waals surface area contributed by atoms with Gasteiger partial charge in [-0.2, -0.15) is 0 Å². The van der Waals surface area contributed by atoms with Crippen molar-refractivity contribution in [3.05, 3.63) is 24.0 Å². The van der Waals surface area contributed by atoms with Crippen molar-refractivity contribution in [2.24, 2.45) is 0 Å². The molecular formula is C14H23N3O. The van der Waals surface area contributed by atoms with Crippen LogP contribution in [0.1, 0.15) is 25.5 Å². The first kappa shape index (κ1) is 13.3. The van der Waals surface area contributed by atoms with Gasteiger partial charge in [-0.1, -0.05) is 6.92 Å². The van der Waals surface area contributed by atoms with E-state index in [-0.39, 0.29) is 5.75 Å². The number of pyridine rings is 1. The number of aromatic hydroxyl groups is 1. The third kappa shape index (κ3) is 3.43. The lowest BCUT2D eigenvalue weighted by Crippen LogP contribution is -2.42. The molecule has 0 unspecified atom stereocenters. The Bertz CT molecular complexity index is 358. The van der Waals surface area contributed by atoms with Crippen molar-refractivity contribution in [3.8, 4) is 5.75 Å². The molecule has 1 aliphatic rings. The van der Waals surface area contributed by atoms with E-state index in [9.17, 15) is 5.11 Å². The molecule has 100 valence electrons. The minimum atomic E-state index is 0.234. The van der Waals surface area contributed by atoms with Crippen molar-refractivity contribution >= 4 is 0 Å². The molecule has 0 atom stereocenters. The standard InChI is InChI=1S/C14H23N3O/c1-3-17-8-6-13(7-9-17)16(2)11-12-4-5-14(18)10-15-12/h4-5,10,13,18H,3,6-9,11H2,1-2H3. The van der Waals surface area contributed by atoms with Crippen LogP contribution in [0.2, 0.25) is 0 Å². The number of hydrogen-bond donors (Lipinski definition) is 1. The summed E-state index contributed by atoms with van der Waals surface area (Å²) in [5, 5.41) is 9.21. The molecule has 18 heavy (non-hydrogen) atoms. The summed E-state index contributed by atoms with van der Waals surface area (Å²) in [6.07, 6.45) is 3.99. The molecule has 1 aromatic heterocycles. The number of hydrogen-bond acceptors (Lipinski definition) is 4. The molecule has 1 saturated heterocycles. The Labute approximate surface area is 109 Å². The van der Waals surface area contributed by atoms with E-state index in [0.717, 1.165) is 18.8 Å². The summed E-state index contributed by atoms with van der Waals surface area (Å²) < 4.78 is 0. The molecule has 4 nitrogen and oxygen atoms in total. The van der Waals surface area contributed by atoms with E-state index in [1.165, 1.54) is 32.1 Å². The maximum atomic E-state index is 9.21. The van der Waals surface area contributed by atoms with E-state index in [1.807, 2.05) is 6.07 Å². The fraction of sp³-hybridized carbons (Fsp3) is 0.643. The molecule has 0 saturated carbocycles. The zero-order valence-corrected chi connectivity index (χ0v) is 11.3. The van der Waals surface area contributed by atoms with E-state index >= 15 is 0 Å². The Kier molecular flexibility index (Phi) is 4.55. The lowest BCUT2D eigenvalue weighted by Gasteiger charge is -2.36. The van der Waals surface area contributed by atoms with Gasteiger partial charge in [0.15, 0.2) is 0 Å². The maximum absolute atomic E-state index is 9.21. The number of piperidine rings is 1. The SMILES string of the molecule is CCN1CCC(N(C)Cc2ccc(O)cn2)CC1. The van der Waals surface area contributed by atoms with Gasteiger partial charge in [0.1, 0.15) is 5.75 Å². The van der Waals surface area contributed by atoms with E-state index < -0.39 is 0 Å². The van der Waals surface area contributed by atoms with Crippen molar-refractivity contribution in [2.45, 2.75) is 32.4 Å². The van der Waals surface area contributed by atoms with Gasteiger partial charge in [-0.05, 0) is 51.7 Å². The Morgan fingerprint density at radius 3 is 2.67 bits per heavy atom. The summed E-state index contributed by atoms with van der Waals surface area (Å²) >= 11 is 0.